The van der Waals surface area contributed by atoms with E-state index in [4.69, 9.17) is 4.52 Å². The zero-order chi connectivity index (χ0) is 18.8. The minimum atomic E-state index is 0.0350. The minimum Gasteiger partial charge on any atom is -0.339 e. The van der Waals surface area contributed by atoms with Crippen LogP contribution in [0.3, 0.4) is 0 Å². The van der Waals surface area contributed by atoms with E-state index in [0.29, 0.717) is 28.8 Å². The molecule has 1 fully saturated rings. The first-order chi connectivity index (χ1) is 13.1. The van der Waals surface area contributed by atoms with Crippen LogP contribution in [-0.4, -0.2) is 34.0 Å². The van der Waals surface area contributed by atoms with Gasteiger partial charge in [0, 0.05) is 18.7 Å². The van der Waals surface area contributed by atoms with Crippen LogP contribution >= 0.6 is 0 Å². The topological polar surface area (TPSA) is 59.2 Å². The monoisotopic (exact) mass is 361 g/mol. The van der Waals surface area contributed by atoms with Crippen molar-refractivity contribution in [2.75, 3.05) is 13.1 Å². The first kappa shape index (κ1) is 17.5. The van der Waals surface area contributed by atoms with Crippen molar-refractivity contribution in [1.29, 1.82) is 0 Å². The maximum Gasteiger partial charge on any atom is 0.259 e. The molecule has 1 amide bonds. The van der Waals surface area contributed by atoms with Crippen LogP contribution in [-0.2, 0) is 0 Å². The third-order valence-electron chi connectivity index (χ3n) is 5.16. The summed E-state index contributed by atoms with van der Waals surface area (Å²) in [6, 6.07) is 15.4. The van der Waals surface area contributed by atoms with Crippen molar-refractivity contribution in [3.8, 4) is 22.8 Å². The van der Waals surface area contributed by atoms with Crippen molar-refractivity contribution >= 4 is 5.91 Å². The molecular weight excluding hydrogens is 338 g/mol. The second kappa shape index (κ2) is 7.35. The van der Waals surface area contributed by atoms with Crippen molar-refractivity contribution in [2.24, 2.45) is 5.92 Å². The number of benzene rings is 2. The average Bonchev–Trinajstić information content (AvgIpc) is 3.18. The number of likely N-dealkylation sites (tertiary alicyclic amines) is 1. The van der Waals surface area contributed by atoms with Crippen LogP contribution in [0, 0.1) is 12.8 Å². The van der Waals surface area contributed by atoms with Gasteiger partial charge in [-0.05, 0) is 43.9 Å². The number of aromatic nitrogens is 2. The Hall–Kier alpha value is -2.95. The number of carbonyl (C=O) groups is 1. The van der Waals surface area contributed by atoms with Gasteiger partial charge in [0.05, 0.1) is 11.1 Å². The smallest absolute Gasteiger partial charge is 0.259 e. The molecule has 138 valence electrons. The highest BCUT2D eigenvalue weighted by atomic mass is 16.5. The number of nitrogens with zero attached hydrogens (tertiary/aromatic N) is 3. The zero-order valence-corrected chi connectivity index (χ0v) is 15.7. The quantitative estimate of drug-likeness (QED) is 0.685. The molecule has 3 aromatic rings. The molecule has 1 aliphatic rings. The highest BCUT2D eigenvalue weighted by Gasteiger charge is 2.25. The summed E-state index contributed by atoms with van der Waals surface area (Å²) in [6.45, 7) is 5.86. The molecule has 27 heavy (non-hydrogen) atoms. The summed E-state index contributed by atoms with van der Waals surface area (Å²) in [5, 5.41) is 4.12. The number of hydrogen-bond acceptors (Lipinski definition) is 4. The van der Waals surface area contributed by atoms with E-state index in [-0.39, 0.29) is 5.91 Å². The molecule has 0 radical (unpaired) electrons. The molecule has 0 aliphatic carbocycles. The fourth-order valence-electron chi connectivity index (χ4n) is 3.47. The first-order valence-corrected chi connectivity index (χ1v) is 9.41. The Bertz CT molecular complexity index is 955. The molecule has 1 saturated heterocycles. The molecule has 1 aromatic heterocycles. The molecule has 5 heteroatoms. The van der Waals surface area contributed by atoms with Crippen LogP contribution in [0.2, 0.25) is 0 Å². The molecule has 4 rings (SSSR count). The van der Waals surface area contributed by atoms with Crippen LogP contribution in [0.1, 0.15) is 35.7 Å². The van der Waals surface area contributed by atoms with Crippen LogP contribution in [0.5, 0.6) is 0 Å². The summed E-state index contributed by atoms with van der Waals surface area (Å²) < 4.78 is 5.51. The maximum absolute atomic E-state index is 13.1. The fraction of sp³-hybridized carbons (Fsp3) is 0.318. The van der Waals surface area contributed by atoms with E-state index in [1.54, 1.807) is 0 Å². The summed E-state index contributed by atoms with van der Waals surface area (Å²) in [5.74, 6) is 1.62. The Kier molecular flexibility index (Phi) is 4.75. The van der Waals surface area contributed by atoms with E-state index in [2.05, 4.69) is 17.1 Å². The first-order valence-electron chi connectivity index (χ1n) is 9.41. The fourth-order valence-corrected chi connectivity index (χ4v) is 3.47. The second-order valence-corrected chi connectivity index (χ2v) is 7.31. The zero-order valence-electron chi connectivity index (χ0n) is 15.7. The molecule has 0 atom stereocenters. The van der Waals surface area contributed by atoms with Gasteiger partial charge < -0.3 is 9.42 Å². The highest BCUT2D eigenvalue weighted by Crippen LogP contribution is 2.27. The van der Waals surface area contributed by atoms with E-state index in [1.807, 2.05) is 60.4 Å². The Labute approximate surface area is 159 Å². The summed E-state index contributed by atoms with van der Waals surface area (Å²) in [7, 11) is 0. The lowest BCUT2D eigenvalue weighted by Gasteiger charge is -2.30. The van der Waals surface area contributed by atoms with Crippen LogP contribution in [0.25, 0.3) is 22.8 Å². The lowest BCUT2D eigenvalue weighted by atomic mass is 9.98. The molecule has 2 heterocycles. The summed E-state index contributed by atoms with van der Waals surface area (Å²) in [5.41, 5.74) is 3.34. The van der Waals surface area contributed by atoms with E-state index in [0.717, 1.165) is 37.1 Å². The van der Waals surface area contributed by atoms with E-state index in [9.17, 15) is 4.79 Å². The number of amides is 1. The van der Waals surface area contributed by atoms with Gasteiger partial charge in [-0.3, -0.25) is 4.79 Å². The summed E-state index contributed by atoms with van der Waals surface area (Å²) in [4.78, 5) is 19.5. The number of carbonyl (C=O) groups excluding carboxylic acids is 1. The summed E-state index contributed by atoms with van der Waals surface area (Å²) >= 11 is 0. The molecule has 0 bridgehead atoms. The van der Waals surface area contributed by atoms with Gasteiger partial charge in [0.15, 0.2) is 0 Å². The normalized spacial score (nSPS) is 15.1. The number of hydrogen-bond donors (Lipinski definition) is 0. The SMILES string of the molecule is Cc1cccc(-c2noc(-c3ccccc3C(=O)N3CCC(C)CC3)n2)c1. The van der Waals surface area contributed by atoms with E-state index < -0.39 is 0 Å². The van der Waals surface area contributed by atoms with E-state index in [1.165, 1.54) is 0 Å². The summed E-state index contributed by atoms with van der Waals surface area (Å²) in [6.07, 6.45) is 2.10. The number of aryl methyl sites for hydroxylation is 1. The van der Waals surface area contributed by atoms with Crippen molar-refractivity contribution < 1.29 is 9.32 Å². The standard InChI is InChI=1S/C22H23N3O2/c1-15-10-12-25(13-11-15)22(26)19-9-4-3-8-18(19)21-23-20(24-27-21)17-7-5-6-16(2)14-17/h3-9,14-15H,10-13H2,1-2H3. The van der Waals surface area contributed by atoms with Crippen molar-refractivity contribution in [1.82, 2.24) is 15.0 Å². The molecule has 1 aliphatic heterocycles. The van der Waals surface area contributed by atoms with Gasteiger partial charge in [0.2, 0.25) is 5.82 Å². The van der Waals surface area contributed by atoms with Crippen molar-refractivity contribution in [3.63, 3.8) is 0 Å². The van der Waals surface area contributed by atoms with Gasteiger partial charge >= 0.3 is 0 Å². The molecule has 5 nitrogen and oxygen atoms in total. The maximum atomic E-state index is 13.1. The van der Waals surface area contributed by atoms with Gasteiger partial charge in [-0.25, -0.2) is 0 Å². The van der Waals surface area contributed by atoms with Crippen molar-refractivity contribution in [3.05, 3.63) is 59.7 Å². The molecule has 0 unspecified atom stereocenters. The number of rotatable bonds is 3. The second-order valence-electron chi connectivity index (χ2n) is 7.31. The Morgan fingerprint density at radius 3 is 2.67 bits per heavy atom. The van der Waals surface area contributed by atoms with Gasteiger partial charge in [-0.2, -0.15) is 4.98 Å². The Morgan fingerprint density at radius 1 is 1.11 bits per heavy atom. The van der Waals surface area contributed by atoms with E-state index >= 15 is 0 Å². The third kappa shape index (κ3) is 3.63. The third-order valence-corrected chi connectivity index (χ3v) is 5.16. The van der Waals surface area contributed by atoms with Crippen molar-refractivity contribution in [2.45, 2.75) is 26.7 Å². The predicted molar refractivity (Wildman–Crippen MR) is 104 cm³/mol. The average molecular weight is 361 g/mol. The van der Waals surface area contributed by atoms with Crippen LogP contribution < -0.4 is 0 Å². The van der Waals surface area contributed by atoms with Crippen LogP contribution in [0.15, 0.2) is 53.1 Å². The van der Waals surface area contributed by atoms with Crippen LogP contribution in [0.4, 0.5) is 0 Å². The Morgan fingerprint density at radius 2 is 1.89 bits per heavy atom. The predicted octanol–water partition coefficient (Wildman–Crippen LogP) is 4.58. The lowest BCUT2D eigenvalue weighted by Crippen LogP contribution is -2.38. The van der Waals surface area contributed by atoms with Gasteiger partial charge in [-0.1, -0.05) is 48.0 Å². The molecule has 0 N–H and O–H groups in total. The molecule has 0 saturated carbocycles. The highest BCUT2D eigenvalue weighted by molar-refractivity contribution is 6.00. The van der Waals surface area contributed by atoms with Gasteiger partial charge in [-0.15, -0.1) is 0 Å². The molecular formula is C22H23N3O2. The molecule has 0 spiro atoms. The lowest BCUT2D eigenvalue weighted by molar-refractivity contribution is 0.0697. The molecule has 2 aromatic carbocycles. The Balaban J connectivity index is 1.65. The van der Waals surface area contributed by atoms with Gasteiger partial charge in [0.1, 0.15) is 0 Å². The largest absolute Gasteiger partial charge is 0.339 e. The number of piperidine rings is 1. The minimum absolute atomic E-state index is 0.0350. The van der Waals surface area contributed by atoms with Gasteiger partial charge in [0.25, 0.3) is 11.8 Å².